The van der Waals surface area contributed by atoms with Gasteiger partial charge in [0, 0.05) is 23.5 Å². The quantitative estimate of drug-likeness (QED) is 0.670. The highest BCUT2D eigenvalue weighted by Crippen LogP contribution is 2.32. The first-order valence-corrected chi connectivity index (χ1v) is 10.7. The maximum atomic E-state index is 13.2. The number of para-hydroxylation sites is 1. The van der Waals surface area contributed by atoms with Crippen LogP contribution in [-0.4, -0.2) is 27.6 Å². The topological polar surface area (TPSA) is 84.3 Å². The molecule has 0 spiro atoms. The minimum atomic E-state index is -0.442. The summed E-state index contributed by atoms with van der Waals surface area (Å²) in [6, 6.07) is 18.0. The van der Waals surface area contributed by atoms with E-state index in [-0.39, 0.29) is 30.1 Å². The molecule has 1 atom stereocenters. The van der Waals surface area contributed by atoms with Gasteiger partial charge in [0.2, 0.25) is 5.91 Å². The zero-order valence-corrected chi connectivity index (χ0v) is 18.4. The summed E-state index contributed by atoms with van der Waals surface area (Å²) >= 11 is 0. The first-order chi connectivity index (χ1) is 15.3. The molecule has 0 saturated carbocycles. The number of hydrogen-bond donors (Lipinski definition) is 1. The van der Waals surface area contributed by atoms with Crippen molar-refractivity contribution < 1.29 is 9.59 Å². The molecule has 7 nitrogen and oxygen atoms in total. The molecule has 4 rings (SSSR count). The van der Waals surface area contributed by atoms with Crippen LogP contribution in [0, 0.1) is 0 Å². The van der Waals surface area contributed by atoms with Crippen LogP contribution >= 0.6 is 0 Å². The fourth-order valence-electron chi connectivity index (χ4n) is 3.99. The second-order valence-corrected chi connectivity index (χ2v) is 8.40. The number of carbonyl (C=O) groups is 2. The molecule has 1 N–H and O–H groups in total. The van der Waals surface area contributed by atoms with E-state index in [4.69, 9.17) is 0 Å². The highest BCUT2D eigenvalue weighted by Gasteiger charge is 2.32. The molecule has 1 unspecified atom stereocenters. The van der Waals surface area contributed by atoms with Gasteiger partial charge in [-0.05, 0) is 54.7 Å². The smallest absolute Gasteiger partial charge is 0.278 e. The summed E-state index contributed by atoms with van der Waals surface area (Å²) < 4.78 is 1.03. The van der Waals surface area contributed by atoms with Gasteiger partial charge in [-0.1, -0.05) is 44.2 Å². The average Bonchev–Trinajstić information content (AvgIpc) is 3.10. The van der Waals surface area contributed by atoms with Crippen LogP contribution in [-0.2, 0) is 17.8 Å². The second-order valence-electron chi connectivity index (χ2n) is 8.40. The van der Waals surface area contributed by atoms with Crippen LogP contribution in [0.4, 0.5) is 11.4 Å². The molecule has 1 aliphatic rings. The summed E-state index contributed by atoms with van der Waals surface area (Å²) in [7, 11) is 0. The third kappa shape index (κ3) is 4.32. The number of fused-ring (bicyclic) bond motifs is 1. The molecule has 0 aliphatic carbocycles. The van der Waals surface area contributed by atoms with Crippen molar-refractivity contribution in [2.75, 3.05) is 10.2 Å². The Morgan fingerprint density at radius 3 is 2.66 bits per heavy atom. The van der Waals surface area contributed by atoms with Gasteiger partial charge in [0.15, 0.2) is 0 Å². The molecule has 3 aromatic rings. The van der Waals surface area contributed by atoms with Crippen LogP contribution < -0.4 is 15.8 Å². The van der Waals surface area contributed by atoms with Crippen molar-refractivity contribution in [1.82, 2.24) is 9.78 Å². The highest BCUT2D eigenvalue weighted by atomic mass is 16.2. The average molecular weight is 431 g/mol. The number of amides is 2. The van der Waals surface area contributed by atoms with Gasteiger partial charge in [-0.25, -0.2) is 4.68 Å². The molecule has 7 heteroatoms. The van der Waals surface area contributed by atoms with Crippen molar-refractivity contribution in [2.24, 2.45) is 0 Å². The molecular formula is C25H26N4O3. The van der Waals surface area contributed by atoms with Crippen LogP contribution in [0.3, 0.4) is 0 Å². The Morgan fingerprint density at radius 2 is 1.88 bits per heavy atom. The summed E-state index contributed by atoms with van der Waals surface area (Å²) in [5.41, 5.74) is 3.40. The Kier molecular flexibility index (Phi) is 5.90. The van der Waals surface area contributed by atoms with Crippen molar-refractivity contribution in [3.63, 3.8) is 0 Å². The van der Waals surface area contributed by atoms with Gasteiger partial charge in [-0.3, -0.25) is 14.4 Å². The van der Waals surface area contributed by atoms with E-state index in [0.29, 0.717) is 11.6 Å². The number of anilines is 2. The number of carbonyl (C=O) groups excluding carboxylic acids is 2. The van der Waals surface area contributed by atoms with E-state index in [0.717, 1.165) is 27.9 Å². The van der Waals surface area contributed by atoms with E-state index < -0.39 is 5.56 Å². The van der Waals surface area contributed by atoms with Crippen molar-refractivity contribution in [1.29, 1.82) is 0 Å². The molecule has 2 amide bonds. The third-order valence-corrected chi connectivity index (χ3v) is 5.64. The van der Waals surface area contributed by atoms with Gasteiger partial charge >= 0.3 is 0 Å². The Bertz CT molecular complexity index is 1230. The van der Waals surface area contributed by atoms with Gasteiger partial charge in [0.1, 0.15) is 12.2 Å². The Balaban J connectivity index is 1.53. The van der Waals surface area contributed by atoms with Gasteiger partial charge < -0.3 is 10.2 Å². The highest BCUT2D eigenvalue weighted by molar-refractivity contribution is 6.06. The molecule has 164 valence electrons. The standard InChI is InChI=1S/C25H26N4O3/c1-16(2)18-8-6-9-20(14-18)26-23(30)15-28-24(31)12-11-21(27-28)25(32)29-17(3)13-19-7-4-5-10-22(19)29/h4-12,14,16-17H,13,15H2,1-3H3,(H,26,30). The summed E-state index contributed by atoms with van der Waals surface area (Å²) in [5.74, 6) is -0.344. The Hall–Kier alpha value is -3.74. The fraction of sp³-hybridized carbons (Fsp3) is 0.280. The first-order valence-electron chi connectivity index (χ1n) is 10.7. The van der Waals surface area contributed by atoms with E-state index in [9.17, 15) is 14.4 Å². The number of rotatable bonds is 5. The summed E-state index contributed by atoms with van der Waals surface area (Å²) in [5, 5.41) is 7.01. The van der Waals surface area contributed by atoms with Gasteiger partial charge in [0.05, 0.1) is 0 Å². The normalized spacial score (nSPS) is 15.0. The first kappa shape index (κ1) is 21.5. The zero-order chi connectivity index (χ0) is 22.8. The second kappa shape index (κ2) is 8.78. The lowest BCUT2D eigenvalue weighted by Crippen LogP contribution is -2.38. The van der Waals surface area contributed by atoms with Crippen molar-refractivity contribution >= 4 is 23.2 Å². The SMILES string of the molecule is CC(C)c1cccc(NC(=O)Cn2nc(C(=O)N3c4ccccc4CC3C)ccc2=O)c1. The molecule has 1 aromatic heterocycles. The van der Waals surface area contributed by atoms with Crippen LogP contribution in [0.25, 0.3) is 0 Å². The number of nitrogens with one attached hydrogen (secondary N) is 1. The predicted octanol–water partition coefficient (Wildman–Crippen LogP) is 3.60. The van der Waals surface area contributed by atoms with Crippen molar-refractivity contribution in [2.45, 2.75) is 45.7 Å². The Morgan fingerprint density at radius 1 is 1.09 bits per heavy atom. The number of benzene rings is 2. The number of nitrogens with zero attached hydrogens (tertiary/aromatic N) is 3. The summed E-state index contributed by atoms with van der Waals surface area (Å²) in [4.78, 5) is 39.8. The van der Waals surface area contributed by atoms with Crippen LogP contribution in [0.5, 0.6) is 0 Å². The molecule has 0 radical (unpaired) electrons. The van der Waals surface area contributed by atoms with Gasteiger partial charge in [-0.2, -0.15) is 5.10 Å². The lowest BCUT2D eigenvalue weighted by atomic mass is 10.0. The zero-order valence-electron chi connectivity index (χ0n) is 18.4. The maximum absolute atomic E-state index is 13.2. The van der Waals surface area contributed by atoms with E-state index >= 15 is 0 Å². The lowest BCUT2D eigenvalue weighted by molar-refractivity contribution is -0.117. The Labute approximate surface area is 186 Å². The molecule has 32 heavy (non-hydrogen) atoms. The summed E-state index contributed by atoms with van der Waals surface area (Å²) in [6.45, 7) is 5.85. The molecule has 0 bridgehead atoms. The number of hydrogen-bond acceptors (Lipinski definition) is 4. The molecule has 1 aliphatic heterocycles. The van der Waals surface area contributed by atoms with E-state index in [1.165, 1.54) is 12.1 Å². The van der Waals surface area contributed by atoms with Gasteiger partial charge in [-0.15, -0.1) is 0 Å². The maximum Gasteiger partial charge on any atom is 0.278 e. The minimum Gasteiger partial charge on any atom is -0.324 e. The van der Waals surface area contributed by atoms with E-state index in [2.05, 4.69) is 24.3 Å². The molecule has 2 heterocycles. The fourth-order valence-corrected chi connectivity index (χ4v) is 3.99. The molecule has 0 saturated heterocycles. The molecule has 0 fully saturated rings. The van der Waals surface area contributed by atoms with Crippen LogP contribution in [0.15, 0.2) is 65.5 Å². The third-order valence-electron chi connectivity index (χ3n) is 5.64. The van der Waals surface area contributed by atoms with E-state index in [1.807, 2.05) is 49.4 Å². The van der Waals surface area contributed by atoms with Crippen LogP contribution in [0.2, 0.25) is 0 Å². The van der Waals surface area contributed by atoms with Crippen molar-refractivity contribution in [3.8, 4) is 0 Å². The van der Waals surface area contributed by atoms with Crippen LogP contribution in [0.1, 0.15) is 48.3 Å². The molecule has 2 aromatic carbocycles. The van der Waals surface area contributed by atoms with Crippen molar-refractivity contribution in [3.05, 3.63) is 87.8 Å². The number of aromatic nitrogens is 2. The monoisotopic (exact) mass is 430 g/mol. The van der Waals surface area contributed by atoms with Gasteiger partial charge in [0.25, 0.3) is 11.5 Å². The minimum absolute atomic E-state index is 0.0152. The lowest BCUT2D eigenvalue weighted by Gasteiger charge is -2.22. The largest absolute Gasteiger partial charge is 0.324 e. The molecular weight excluding hydrogens is 404 g/mol. The summed E-state index contributed by atoms with van der Waals surface area (Å²) in [6.07, 6.45) is 0.763. The van der Waals surface area contributed by atoms with E-state index in [1.54, 1.807) is 11.0 Å². The predicted molar refractivity (Wildman–Crippen MR) is 124 cm³/mol.